The molecule has 0 saturated carbocycles. The van der Waals surface area contributed by atoms with Crippen molar-refractivity contribution in [3.8, 4) is 0 Å². The SMILES string of the molecule is Cc1ccc2nnc(C3CCN(CCN4CCOCCC4=O)CC3)n2n1. The molecule has 4 rings (SSSR count). The Morgan fingerprint density at radius 2 is 1.96 bits per heavy atom. The minimum absolute atomic E-state index is 0.216. The van der Waals surface area contributed by atoms with E-state index >= 15 is 0 Å². The van der Waals surface area contributed by atoms with Crippen LogP contribution < -0.4 is 0 Å². The van der Waals surface area contributed by atoms with Crippen LogP contribution in [0.1, 0.15) is 36.7 Å². The molecular weight excluding hydrogens is 332 g/mol. The van der Waals surface area contributed by atoms with Gasteiger partial charge in [-0.15, -0.1) is 10.2 Å². The monoisotopic (exact) mass is 358 g/mol. The van der Waals surface area contributed by atoms with Crippen LogP contribution in [0.4, 0.5) is 0 Å². The molecule has 0 atom stereocenters. The summed E-state index contributed by atoms with van der Waals surface area (Å²) in [5.41, 5.74) is 1.79. The second-order valence-corrected chi connectivity index (χ2v) is 7.16. The Hall–Kier alpha value is -2.06. The number of amides is 1. The van der Waals surface area contributed by atoms with E-state index in [1.807, 2.05) is 28.5 Å². The number of piperidine rings is 1. The van der Waals surface area contributed by atoms with Crippen LogP contribution in [0.2, 0.25) is 0 Å². The van der Waals surface area contributed by atoms with Crippen molar-refractivity contribution < 1.29 is 9.53 Å². The first-order valence-corrected chi connectivity index (χ1v) is 9.47. The summed E-state index contributed by atoms with van der Waals surface area (Å²) in [5.74, 6) is 1.58. The second kappa shape index (κ2) is 7.67. The zero-order valence-electron chi connectivity index (χ0n) is 15.3. The molecule has 2 aromatic rings. The summed E-state index contributed by atoms with van der Waals surface area (Å²) in [4.78, 5) is 16.4. The van der Waals surface area contributed by atoms with E-state index in [4.69, 9.17) is 4.74 Å². The largest absolute Gasteiger partial charge is 0.379 e. The Morgan fingerprint density at radius 1 is 1.12 bits per heavy atom. The number of ether oxygens (including phenoxy) is 1. The second-order valence-electron chi connectivity index (χ2n) is 7.16. The molecular formula is C18H26N6O2. The number of carbonyl (C=O) groups is 1. The van der Waals surface area contributed by atoms with Crippen molar-refractivity contribution in [2.45, 2.75) is 32.1 Å². The van der Waals surface area contributed by atoms with Crippen LogP contribution in [0.5, 0.6) is 0 Å². The van der Waals surface area contributed by atoms with E-state index in [0.717, 1.165) is 56.2 Å². The highest BCUT2D eigenvalue weighted by Gasteiger charge is 2.26. The highest BCUT2D eigenvalue weighted by atomic mass is 16.5. The summed E-state index contributed by atoms with van der Waals surface area (Å²) >= 11 is 0. The van der Waals surface area contributed by atoms with E-state index in [1.165, 1.54) is 0 Å². The predicted molar refractivity (Wildman–Crippen MR) is 96.0 cm³/mol. The molecule has 0 bridgehead atoms. The summed E-state index contributed by atoms with van der Waals surface area (Å²) in [5, 5.41) is 13.2. The predicted octanol–water partition coefficient (Wildman–Crippen LogP) is 0.861. The smallest absolute Gasteiger partial charge is 0.225 e. The summed E-state index contributed by atoms with van der Waals surface area (Å²) in [7, 11) is 0. The van der Waals surface area contributed by atoms with Crippen LogP contribution in [-0.4, -0.2) is 81.5 Å². The Balaban J connectivity index is 1.32. The van der Waals surface area contributed by atoms with Gasteiger partial charge in [-0.3, -0.25) is 4.79 Å². The van der Waals surface area contributed by atoms with Gasteiger partial charge in [0.1, 0.15) is 0 Å². The average Bonchev–Trinajstić information content (AvgIpc) is 2.95. The Kier molecular flexibility index (Phi) is 5.12. The third-order valence-electron chi connectivity index (χ3n) is 5.38. The molecule has 26 heavy (non-hydrogen) atoms. The molecule has 0 radical (unpaired) electrons. The number of fused-ring (bicyclic) bond motifs is 1. The molecule has 0 spiro atoms. The van der Waals surface area contributed by atoms with E-state index in [1.54, 1.807) is 0 Å². The van der Waals surface area contributed by atoms with Crippen molar-refractivity contribution in [1.29, 1.82) is 0 Å². The fraction of sp³-hybridized carbons (Fsp3) is 0.667. The van der Waals surface area contributed by atoms with Crippen LogP contribution >= 0.6 is 0 Å². The molecule has 0 N–H and O–H groups in total. The lowest BCUT2D eigenvalue weighted by molar-refractivity contribution is -0.130. The van der Waals surface area contributed by atoms with Gasteiger partial charge in [-0.2, -0.15) is 9.61 Å². The minimum atomic E-state index is 0.216. The van der Waals surface area contributed by atoms with Gasteiger partial charge in [0.2, 0.25) is 5.91 Å². The van der Waals surface area contributed by atoms with Crippen molar-refractivity contribution in [3.63, 3.8) is 0 Å². The molecule has 0 unspecified atom stereocenters. The summed E-state index contributed by atoms with van der Waals surface area (Å²) < 4.78 is 7.28. The topological polar surface area (TPSA) is 75.9 Å². The van der Waals surface area contributed by atoms with E-state index in [-0.39, 0.29) is 5.91 Å². The highest BCUT2D eigenvalue weighted by molar-refractivity contribution is 5.76. The Labute approximate surface area is 153 Å². The van der Waals surface area contributed by atoms with Crippen molar-refractivity contribution >= 4 is 11.6 Å². The fourth-order valence-electron chi connectivity index (χ4n) is 3.78. The zero-order valence-corrected chi connectivity index (χ0v) is 15.3. The van der Waals surface area contributed by atoms with Crippen LogP contribution in [-0.2, 0) is 9.53 Å². The van der Waals surface area contributed by atoms with Crippen molar-refractivity contribution in [3.05, 3.63) is 23.7 Å². The molecule has 2 aromatic heterocycles. The molecule has 2 aliphatic rings. The lowest BCUT2D eigenvalue weighted by Crippen LogP contribution is -2.42. The lowest BCUT2D eigenvalue weighted by Gasteiger charge is -2.32. The van der Waals surface area contributed by atoms with Gasteiger partial charge in [-0.1, -0.05) is 0 Å². The standard InChI is InChI=1S/C18H26N6O2/c1-14-2-3-16-19-20-18(24(16)21-14)15-4-7-22(8-5-15)9-10-23-11-13-26-12-6-17(23)25/h2-3,15H,4-13H2,1H3. The fourth-order valence-corrected chi connectivity index (χ4v) is 3.78. The van der Waals surface area contributed by atoms with Gasteiger partial charge in [-0.05, 0) is 45.0 Å². The molecule has 1 amide bonds. The van der Waals surface area contributed by atoms with E-state index < -0.39 is 0 Å². The quantitative estimate of drug-likeness (QED) is 0.807. The number of nitrogens with zero attached hydrogens (tertiary/aromatic N) is 6. The molecule has 0 aliphatic carbocycles. The van der Waals surface area contributed by atoms with Crippen LogP contribution in [0.15, 0.2) is 12.1 Å². The van der Waals surface area contributed by atoms with Gasteiger partial charge in [0.15, 0.2) is 11.5 Å². The first-order chi connectivity index (χ1) is 12.7. The summed E-state index contributed by atoms with van der Waals surface area (Å²) in [6.45, 7) is 7.67. The maximum absolute atomic E-state index is 12.0. The molecule has 2 fully saturated rings. The average molecular weight is 358 g/mol. The Bertz CT molecular complexity index is 768. The number of rotatable bonds is 4. The molecule has 0 aromatic carbocycles. The van der Waals surface area contributed by atoms with Crippen LogP contribution in [0.3, 0.4) is 0 Å². The number of carbonyl (C=O) groups excluding carboxylic acids is 1. The molecule has 4 heterocycles. The molecule has 2 aliphatic heterocycles. The number of aromatic nitrogens is 4. The van der Waals surface area contributed by atoms with Gasteiger partial charge >= 0.3 is 0 Å². The number of hydrogen-bond acceptors (Lipinski definition) is 6. The van der Waals surface area contributed by atoms with E-state index in [2.05, 4.69) is 20.2 Å². The van der Waals surface area contributed by atoms with E-state index in [9.17, 15) is 4.79 Å². The van der Waals surface area contributed by atoms with Gasteiger partial charge in [-0.25, -0.2) is 0 Å². The van der Waals surface area contributed by atoms with Gasteiger partial charge in [0.25, 0.3) is 0 Å². The first-order valence-electron chi connectivity index (χ1n) is 9.47. The summed E-state index contributed by atoms with van der Waals surface area (Å²) in [6.07, 6.45) is 2.61. The maximum Gasteiger partial charge on any atom is 0.225 e. The first kappa shape index (κ1) is 17.4. The van der Waals surface area contributed by atoms with Crippen molar-refractivity contribution in [1.82, 2.24) is 29.6 Å². The third kappa shape index (κ3) is 3.71. The minimum Gasteiger partial charge on any atom is -0.379 e. The van der Waals surface area contributed by atoms with Crippen LogP contribution in [0.25, 0.3) is 5.65 Å². The molecule has 140 valence electrons. The lowest BCUT2D eigenvalue weighted by atomic mass is 9.96. The number of likely N-dealkylation sites (tertiary alicyclic amines) is 1. The number of hydrogen-bond donors (Lipinski definition) is 0. The molecule has 8 nitrogen and oxygen atoms in total. The van der Waals surface area contributed by atoms with Gasteiger partial charge < -0.3 is 14.5 Å². The molecule has 2 saturated heterocycles. The summed E-state index contributed by atoms with van der Waals surface area (Å²) in [6, 6.07) is 3.93. The number of aryl methyl sites for hydroxylation is 1. The highest BCUT2D eigenvalue weighted by Crippen LogP contribution is 2.26. The normalized spacial score (nSPS) is 20.7. The van der Waals surface area contributed by atoms with Gasteiger partial charge in [0, 0.05) is 25.6 Å². The van der Waals surface area contributed by atoms with E-state index in [0.29, 0.717) is 32.1 Å². The zero-order chi connectivity index (χ0) is 17.9. The molecule has 8 heteroatoms. The maximum atomic E-state index is 12.0. The third-order valence-corrected chi connectivity index (χ3v) is 5.38. The Morgan fingerprint density at radius 3 is 2.81 bits per heavy atom. The van der Waals surface area contributed by atoms with Crippen LogP contribution in [0, 0.1) is 6.92 Å². The van der Waals surface area contributed by atoms with Crippen molar-refractivity contribution in [2.24, 2.45) is 0 Å². The van der Waals surface area contributed by atoms with Gasteiger partial charge in [0.05, 0.1) is 25.3 Å². The van der Waals surface area contributed by atoms with Crippen molar-refractivity contribution in [2.75, 3.05) is 45.9 Å².